The maximum Gasteiger partial charge on any atom is 0.0716 e. The zero-order chi connectivity index (χ0) is 56.3. The molecule has 0 atom stereocenters. The Morgan fingerprint density at radius 3 is 0.893 bits per heavy atom. The van der Waals surface area contributed by atoms with Gasteiger partial charge in [0.25, 0.3) is 0 Å². The standard InChI is InChI=1S/C82H60N2/c1-53-41-49-69(81(59-25-9-5-10-26-59)71-37-21-17-33-63(71)64-34-18-22-38-72(64)81)55(3)79(53)83(61-29-13-7-14-30-61)75-51-45-57-44-48-68-76(52-46-58-43-47-67(75)77(57)78(58)68)84(62-31-15-8-16-32-62)80-54(2)42-50-70(56(80)4)82(60-27-11-6-12-28-60)73-39-23-19-35-65(73)66-36-20-24-40-74(66)82/h5-52H,1-4H3. The lowest BCUT2D eigenvalue weighted by molar-refractivity contribution is 0.760. The van der Waals surface area contributed by atoms with E-state index in [1.165, 1.54) is 133 Å². The van der Waals surface area contributed by atoms with Crippen LogP contribution < -0.4 is 9.80 Å². The van der Waals surface area contributed by atoms with Crippen LogP contribution in [0.2, 0.25) is 0 Å². The first-order valence-electron chi connectivity index (χ1n) is 29.5. The molecule has 0 unspecified atom stereocenters. The summed E-state index contributed by atoms with van der Waals surface area (Å²) in [4.78, 5) is 5.12. The monoisotopic (exact) mass is 1070 g/mol. The molecule has 2 aliphatic rings. The van der Waals surface area contributed by atoms with Gasteiger partial charge >= 0.3 is 0 Å². The number of anilines is 6. The Balaban J connectivity index is 0.932. The van der Waals surface area contributed by atoms with Crippen molar-refractivity contribution in [3.05, 3.63) is 358 Å². The van der Waals surface area contributed by atoms with Gasteiger partial charge in [0, 0.05) is 22.1 Å². The van der Waals surface area contributed by atoms with Gasteiger partial charge in [0.2, 0.25) is 0 Å². The van der Waals surface area contributed by atoms with E-state index in [-0.39, 0.29) is 0 Å². The number of rotatable bonds is 10. The number of benzene rings is 14. The summed E-state index contributed by atoms with van der Waals surface area (Å²) < 4.78 is 0. The number of hydrogen-bond acceptors (Lipinski definition) is 2. The summed E-state index contributed by atoms with van der Waals surface area (Å²) in [5, 5.41) is 7.35. The first-order chi connectivity index (χ1) is 41.4. The fourth-order valence-corrected chi connectivity index (χ4v) is 15.6. The molecule has 0 heterocycles. The third kappa shape index (κ3) is 6.92. The fourth-order valence-electron chi connectivity index (χ4n) is 15.6. The van der Waals surface area contributed by atoms with Gasteiger partial charge < -0.3 is 9.80 Å². The molecule has 0 amide bonds. The summed E-state index contributed by atoms with van der Waals surface area (Å²) in [6, 6.07) is 109. The minimum Gasteiger partial charge on any atom is -0.309 e. The van der Waals surface area contributed by atoms with Crippen molar-refractivity contribution in [2.45, 2.75) is 38.5 Å². The summed E-state index contributed by atoms with van der Waals surface area (Å²) in [6.45, 7) is 9.32. The first kappa shape index (κ1) is 49.5. The fraction of sp³-hybridized carbons (Fsp3) is 0.0732. The van der Waals surface area contributed by atoms with E-state index in [0.29, 0.717) is 0 Å². The van der Waals surface area contributed by atoms with Gasteiger partial charge in [-0.05, 0) is 175 Å². The molecule has 0 radical (unpaired) electrons. The van der Waals surface area contributed by atoms with Crippen LogP contribution in [0.5, 0.6) is 0 Å². The van der Waals surface area contributed by atoms with Crippen molar-refractivity contribution in [1.29, 1.82) is 0 Å². The quantitative estimate of drug-likeness (QED) is 0.126. The van der Waals surface area contributed by atoms with Crippen molar-refractivity contribution in [1.82, 2.24) is 0 Å². The lowest BCUT2D eigenvalue weighted by Crippen LogP contribution is -2.30. The van der Waals surface area contributed by atoms with Gasteiger partial charge in [0.1, 0.15) is 0 Å². The van der Waals surface area contributed by atoms with Crippen molar-refractivity contribution in [2.24, 2.45) is 0 Å². The summed E-state index contributed by atoms with van der Waals surface area (Å²) in [7, 11) is 0. The molecule has 0 bridgehead atoms. The van der Waals surface area contributed by atoms with Crippen LogP contribution in [0.15, 0.2) is 291 Å². The largest absolute Gasteiger partial charge is 0.309 e. The van der Waals surface area contributed by atoms with Crippen LogP contribution in [0.4, 0.5) is 34.1 Å². The zero-order valence-electron chi connectivity index (χ0n) is 47.6. The van der Waals surface area contributed by atoms with E-state index in [4.69, 9.17) is 0 Å². The van der Waals surface area contributed by atoms with Crippen LogP contribution in [0.25, 0.3) is 54.6 Å². The summed E-state index contributed by atoms with van der Waals surface area (Å²) >= 11 is 0. The predicted molar refractivity (Wildman–Crippen MR) is 353 cm³/mol. The lowest BCUT2D eigenvalue weighted by atomic mass is 9.66. The predicted octanol–water partition coefficient (Wildman–Crippen LogP) is 21.5. The molecule has 0 spiro atoms. The van der Waals surface area contributed by atoms with Gasteiger partial charge in [-0.2, -0.15) is 0 Å². The molecular weight excluding hydrogens is 1010 g/mol. The Bertz CT molecular complexity index is 4480. The molecule has 398 valence electrons. The van der Waals surface area contributed by atoms with Gasteiger partial charge in [0.05, 0.1) is 33.6 Å². The topological polar surface area (TPSA) is 6.48 Å². The average Bonchev–Trinajstić information content (AvgIpc) is 1.53. The minimum atomic E-state index is -0.558. The van der Waals surface area contributed by atoms with Gasteiger partial charge in [-0.15, -0.1) is 0 Å². The van der Waals surface area contributed by atoms with Crippen molar-refractivity contribution >= 4 is 66.4 Å². The average molecular weight is 1070 g/mol. The summed E-state index contributed by atoms with van der Waals surface area (Å²) in [5.41, 5.74) is 26.1. The number of nitrogens with zero attached hydrogens (tertiary/aromatic N) is 2. The van der Waals surface area contributed by atoms with Gasteiger partial charge in [-0.25, -0.2) is 0 Å². The van der Waals surface area contributed by atoms with Gasteiger partial charge in [-0.1, -0.05) is 255 Å². The van der Waals surface area contributed by atoms with Crippen LogP contribution in [0.1, 0.15) is 66.8 Å². The molecule has 0 N–H and O–H groups in total. The second-order valence-corrected chi connectivity index (χ2v) is 23.2. The highest BCUT2D eigenvalue weighted by molar-refractivity contribution is 6.28. The smallest absolute Gasteiger partial charge is 0.0716 e. The summed E-state index contributed by atoms with van der Waals surface area (Å²) in [5.74, 6) is 0. The van der Waals surface area contributed by atoms with Crippen molar-refractivity contribution < 1.29 is 0 Å². The number of hydrogen-bond donors (Lipinski definition) is 0. The molecule has 2 nitrogen and oxygen atoms in total. The second-order valence-electron chi connectivity index (χ2n) is 23.2. The van der Waals surface area contributed by atoms with E-state index in [2.05, 4.69) is 329 Å². The normalized spacial score (nSPS) is 13.4. The SMILES string of the molecule is Cc1ccc(C2(c3ccccc3)c3ccccc3-c3ccccc32)c(C)c1N(c1ccccc1)c1ccc2ccc3c(N(c4ccccc4)c4c(C)ccc(C5(c6ccccc6)c6ccccc6-c6ccccc65)c4C)ccc4ccc1c2c43. The minimum absolute atomic E-state index is 0.558. The van der Waals surface area contributed by atoms with E-state index < -0.39 is 10.8 Å². The Morgan fingerprint density at radius 1 is 0.250 bits per heavy atom. The summed E-state index contributed by atoms with van der Waals surface area (Å²) in [6.07, 6.45) is 0. The zero-order valence-corrected chi connectivity index (χ0v) is 47.6. The van der Waals surface area contributed by atoms with E-state index in [9.17, 15) is 0 Å². The number of aryl methyl sites for hydroxylation is 2. The molecule has 14 aromatic rings. The van der Waals surface area contributed by atoms with Gasteiger partial charge in [0.15, 0.2) is 0 Å². The first-order valence-corrected chi connectivity index (χ1v) is 29.5. The highest BCUT2D eigenvalue weighted by Crippen LogP contribution is 2.61. The molecular formula is C82H60N2. The molecule has 0 saturated heterocycles. The molecule has 0 saturated carbocycles. The van der Waals surface area contributed by atoms with Crippen LogP contribution in [0.3, 0.4) is 0 Å². The molecule has 16 rings (SSSR count). The van der Waals surface area contributed by atoms with E-state index in [0.717, 1.165) is 22.7 Å². The second kappa shape index (κ2) is 19.2. The molecule has 2 aliphatic carbocycles. The van der Waals surface area contributed by atoms with Crippen molar-refractivity contribution in [3.63, 3.8) is 0 Å². The van der Waals surface area contributed by atoms with Crippen molar-refractivity contribution in [2.75, 3.05) is 9.80 Å². The number of para-hydroxylation sites is 2. The number of fused-ring (bicyclic) bond motifs is 6. The van der Waals surface area contributed by atoms with Crippen LogP contribution in [-0.4, -0.2) is 0 Å². The Kier molecular flexibility index (Phi) is 11.3. The van der Waals surface area contributed by atoms with Crippen molar-refractivity contribution in [3.8, 4) is 22.3 Å². The Morgan fingerprint density at radius 2 is 0.548 bits per heavy atom. The molecule has 0 aliphatic heterocycles. The van der Waals surface area contributed by atoms with Gasteiger partial charge in [-0.3, -0.25) is 0 Å². The molecule has 14 aromatic carbocycles. The molecule has 84 heavy (non-hydrogen) atoms. The Labute approximate surface area is 492 Å². The van der Waals surface area contributed by atoms with Crippen LogP contribution >= 0.6 is 0 Å². The highest BCUT2D eigenvalue weighted by Gasteiger charge is 2.49. The van der Waals surface area contributed by atoms with E-state index >= 15 is 0 Å². The third-order valence-electron chi connectivity index (χ3n) is 19.0. The van der Waals surface area contributed by atoms with Crippen LogP contribution in [0, 0.1) is 27.7 Å². The van der Waals surface area contributed by atoms with E-state index in [1.54, 1.807) is 0 Å². The van der Waals surface area contributed by atoms with Crippen LogP contribution in [-0.2, 0) is 10.8 Å². The lowest BCUT2D eigenvalue weighted by Gasteiger charge is -2.38. The maximum absolute atomic E-state index is 2.56. The molecule has 0 aromatic heterocycles. The maximum atomic E-state index is 2.56. The third-order valence-corrected chi connectivity index (χ3v) is 19.0. The Hall–Kier alpha value is -10.3. The molecule has 2 heteroatoms. The van der Waals surface area contributed by atoms with E-state index in [1.807, 2.05) is 0 Å². The molecule has 0 fully saturated rings. The highest BCUT2D eigenvalue weighted by atomic mass is 15.2.